The Morgan fingerprint density at radius 3 is 2.65 bits per heavy atom. The number of aliphatic hydroxyl groups is 1. The summed E-state index contributed by atoms with van der Waals surface area (Å²) in [7, 11) is 1.83. The van der Waals surface area contributed by atoms with Crippen LogP contribution in [0, 0.1) is 0 Å². The van der Waals surface area contributed by atoms with Gasteiger partial charge in [0.2, 0.25) is 5.65 Å². The molecule has 10 heteroatoms. The standard InChI is InChI=1S/C16H23N9O/c1-16(2,3)15-19-13-12(14(20-15)24-6-5-10(26)7-24)21-25(22-13)8-11-17-9-18-23(11)4/h9-10,26H,5-8H2,1-4H3/t10-/m0/s1. The molecule has 1 fully saturated rings. The number of hydrogen-bond donors (Lipinski definition) is 1. The van der Waals surface area contributed by atoms with Crippen LogP contribution in [0.1, 0.15) is 38.8 Å². The van der Waals surface area contributed by atoms with Gasteiger partial charge < -0.3 is 10.0 Å². The largest absolute Gasteiger partial charge is 0.391 e. The first kappa shape index (κ1) is 16.8. The molecule has 3 aromatic rings. The van der Waals surface area contributed by atoms with Crippen LogP contribution >= 0.6 is 0 Å². The van der Waals surface area contributed by atoms with E-state index in [1.165, 1.54) is 6.33 Å². The topological polar surface area (TPSA) is 111 Å². The molecular formula is C16H23N9O. The van der Waals surface area contributed by atoms with Crippen LogP contribution in [0.15, 0.2) is 6.33 Å². The van der Waals surface area contributed by atoms with Crippen molar-refractivity contribution in [2.75, 3.05) is 18.0 Å². The molecule has 1 saturated heterocycles. The van der Waals surface area contributed by atoms with E-state index in [4.69, 9.17) is 4.98 Å². The first-order chi connectivity index (χ1) is 12.3. The number of fused-ring (bicyclic) bond motifs is 1. The quantitative estimate of drug-likeness (QED) is 0.711. The van der Waals surface area contributed by atoms with Crippen molar-refractivity contribution >= 4 is 17.0 Å². The van der Waals surface area contributed by atoms with Crippen molar-refractivity contribution in [3.05, 3.63) is 18.0 Å². The van der Waals surface area contributed by atoms with Gasteiger partial charge in [-0.15, -0.1) is 10.2 Å². The summed E-state index contributed by atoms with van der Waals surface area (Å²) in [5.74, 6) is 2.21. The summed E-state index contributed by atoms with van der Waals surface area (Å²) >= 11 is 0. The Morgan fingerprint density at radius 2 is 2.04 bits per heavy atom. The van der Waals surface area contributed by atoms with Gasteiger partial charge in [0.25, 0.3) is 0 Å². The van der Waals surface area contributed by atoms with E-state index in [-0.39, 0.29) is 11.5 Å². The Bertz CT molecular complexity index is 939. The summed E-state index contributed by atoms with van der Waals surface area (Å²) in [6, 6.07) is 0. The normalized spacial score (nSPS) is 18.2. The third kappa shape index (κ3) is 3.00. The zero-order valence-electron chi connectivity index (χ0n) is 15.5. The lowest BCUT2D eigenvalue weighted by Crippen LogP contribution is -2.25. The summed E-state index contributed by atoms with van der Waals surface area (Å²) in [4.78, 5) is 17.3. The van der Waals surface area contributed by atoms with Gasteiger partial charge in [0.05, 0.1) is 6.10 Å². The molecule has 4 heterocycles. The van der Waals surface area contributed by atoms with Gasteiger partial charge in [-0.3, -0.25) is 4.68 Å². The molecule has 0 radical (unpaired) electrons. The molecule has 0 aromatic carbocycles. The molecule has 10 nitrogen and oxygen atoms in total. The Labute approximate surface area is 150 Å². The molecular weight excluding hydrogens is 334 g/mol. The highest BCUT2D eigenvalue weighted by Gasteiger charge is 2.28. The fourth-order valence-electron chi connectivity index (χ4n) is 2.99. The van der Waals surface area contributed by atoms with Crippen molar-refractivity contribution in [1.82, 2.24) is 39.7 Å². The van der Waals surface area contributed by atoms with Crippen LogP contribution in [-0.2, 0) is 19.0 Å². The average molecular weight is 357 g/mol. The lowest BCUT2D eigenvalue weighted by atomic mass is 9.96. The number of rotatable bonds is 3. The van der Waals surface area contributed by atoms with Gasteiger partial charge in [0.15, 0.2) is 11.3 Å². The Kier molecular flexibility index (Phi) is 3.87. The summed E-state index contributed by atoms with van der Waals surface area (Å²) in [5, 5.41) is 23.1. The second-order valence-electron chi connectivity index (χ2n) is 7.71. The van der Waals surface area contributed by atoms with E-state index in [1.807, 2.05) is 7.05 Å². The molecule has 1 N–H and O–H groups in total. The molecule has 1 atom stereocenters. The number of aliphatic hydroxyl groups excluding tert-OH is 1. The van der Waals surface area contributed by atoms with Gasteiger partial charge >= 0.3 is 0 Å². The maximum absolute atomic E-state index is 9.92. The van der Waals surface area contributed by atoms with E-state index in [2.05, 4.69) is 50.9 Å². The molecule has 0 spiro atoms. The smallest absolute Gasteiger partial charge is 0.207 e. The highest BCUT2D eigenvalue weighted by Crippen LogP contribution is 2.28. The number of anilines is 1. The lowest BCUT2D eigenvalue weighted by molar-refractivity contribution is 0.198. The fraction of sp³-hybridized carbons (Fsp3) is 0.625. The van der Waals surface area contributed by atoms with Crippen LogP contribution in [0.2, 0.25) is 0 Å². The number of aromatic nitrogens is 8. The van der Waals surface area contributed by atoms with Gasteiger partial charge in [-0.1, -0.05) is 20.8 Å². The van der Waals surface area contributed by atoms with Crippen molar-refractivity contribution in [3.8, 4) is 0 Å². The van der Waals surface area contributed by atoms with Gasteiger partial charge in [-0.05, 0) is 6.42 Å². The van der Waals surface area contributed by atoms with Crippen molar-refractivity contribution < 1.29 is 5.11 Å². The van der Waals surface area contributed by atoms with E-state index in [1.54, 1.807) is 9.48 Å². The lowest BCUT2D eigenvalue weighted by Gasteiger charge is -2.21. The van der Waals surface area contributed by atoms with E-state index < -0.39 is 0 Å². The maximum atomic E-state index is 9.92. The molecule has 0 amide bonds. The molecule has 0 unspecified atom stereocenters. The third-order valence-electron chi connectivity index (χ3n) is 4.49. The molecule has 0 aliphatic carbocycles. The van der Waals surface area contributed by atoms with Gasteiger partial charge in [-0.25, -0.2) is 15.0 Å². The highest BCUT2D eigenvalue weighted by molar-refractivity contribution is 5.82. The van der Waals surface area contributed by atoms with Crippen molar-refractivity contribution in [2.24, 2.45) is 7.05 Å². The van der Waals surface area contributed by atoms with Crippen molar-refractivity contribution in [3.63, 3.8) is 0 Å². The molecule has 0 bridgehead atoms. The molecule has 4 rings (SSSR count). The minimum absolute atomic E-state index is 0.214. The van der Waals surface area contributed by atoms with Crippen LogP contribution in [0.25, 0.3) is 11.2 Å². The predicted octanol–water partition coefficient (Wildman–Crippen LogP) is 0.267. The van der Waals surface area contributed by atoms with Gasteiger partial charge in [0.1, 0.15) is 24.5 Å². The summed E-state index contributed by atoms with van der Waals surface area (Å²) in [6.07, 6.45) is 1.89. The summed E-state index contributed by atoms with van der Waals surface area (Å²) < 4.78 is 1.69. The van der Waals surface area contributed by atoms with E-state index in [9.17, 15) is 5.11 Å². The number of β-amino-alcohol motifs (C(OH)–C–C–N with tert-alkyl or cyclic N) is 1. The van der Waals surface area contributed by atoms with Crippen LogP contribution < -0.4 is 4.90 Å². The SMILES string of the molecule is Cn1ncnc1Cn1nc2nc(C(C)(C)C)nc(N3CC[C@H](O)C3)c2n1. The van der Waals surface area contributed by atoms with E-state index in [0.717, 1.165) is 24.6 Å². The zero-order valence-corrected chi connectivity index (χ0v) is 15.5. The van der Waals surface area contributed by atoms with Crippen LogP contribution in [0.5, 0.6) is 0 Å². The fourth-order valence-corrected chi connectivity index (χ4v) is 2.99. The minimum Gasteiger partial charge on any atom is -0.391 e. The van der Waals surface area contributed by atoms with Gasteiger partial charge in [-0.2, -0.15) is 9.90 Å². The van der Waals surface area contributed by atoms with Crippen molar-refractivity contribution in [2.45, 2.75) is 45.3 Å². The monoisotopic (exact) mass is 357 g/mol. The third-order valence-corrected chi connectivity index (χ3v) is 4.49. The molecule has 138 valence electrons. The predicted molar refractivity (Wildman–Crippen MR) is 94.8 cm³/mol. The Hall–Kier alpha value is -2.62. The molecule has 3 aromatic heterocycles. The van der Waals surface area contributed by atoms with Crippen molar-refractivity contribution in [1.29, 1.82) is 0 Å². The van der Waals surface area contributed by atoms with E-state index in [0.29, 0.717) is 30.1 Å². The second kappa shape index (κ2) is 5.97. The first-order valence-electron chi connectivity index (χ1n) is 8.70. The molecule has 26 heavy (non-hydrogen) atoms. The highest BCUT2D eigenvalue weighted by atomic mass is 16.3. The average Bonchev–Trinajstić information content (AvgIpc) is 3.26. The minimum atomic E-state index is -0.341. The number of nitrogens with zero attached hydrogens (tertiary/aromatic N) is 9. The second-order valence-corrected chi connectivity index (χ2v) is 7.71. The van der Waals surface area contributed by atoms with E-state index >= 15 is 0 Å². The van der Waals surface area contributed by atoms with Crippen LogP contribution in [-0.4, -0.2) is 64.0 Å². The Morgan fingerprint density at radius 1 is 1.23 bits per heavy atom. The summed E-state index contributed by atoms with van der Waals surface area (Å²) in [5.41, 5.74) is 0.993. The maximum Gasteiger partial charge on any atom is 0.207 e. The van der Waals surface area contributed by atoms with Crippen LogP contribution in [0.4, 0.5) is 5.82 Å². The molecule has 1 aliphatic heterocycles. The Balaban J connectivity index is 1.80. The molecule has 0 saturated carbocycles. The molecule has 1 aliphatic rings. The van der Waals surface area contributed by atoms with Crippen LogP contribution in [0.3, 0.4) is 0 Å². The van der Waals surface area contributed by atoms with Gasteiger partial charge in [0, 0.05) is 25.6 Å². The first-order valence-corrected chi connectivity index (χ1v) is 8.70. The number of aryl methyl sites for hydroxylation is 1. The summed E-state index contributed by atoms with van der Waals surface area (Å²) in [6.45, 7) is 7.90. The number of hydrogen-bond acceptors (Lipinski definition) is 8. The zero-order chi connectivity index (χ0) is 18.5.